The summed E-state index contributed by atoms with van der Waals surface area (Å²) < 4.78 is 2.60. The molecule has 0 fully saturated rings. The van der Waals surface area contributed by atoms with Crippen molar-refractivity contribution >= 4 is 31.5 Å². The van der Waals surface area contributed by atoms with E-state index in [2.05, 4.69) is 411 Å². The number of hydrogen-bond acceptors (Lipinski definition) is 9. The van der Waals surface area contributed by atoms with E-state index in [4.69, 9.17) is 0 Å². The molecule has 13 heteroatoms. The summed E-state index contributed by atoms with van der Waals surface area (Å²) in [6.07, 6.45) is 16.4. The van der Waals surface area contributed by atoms with Gasteiger partial charge in [-0.15, -0.1) is 274 Å². The van der Waals surface area contributed by atoms with Crippen LogP contribution in [0.2, 0.25) is 0 Å². The Labute approximate surface area is 937 Å². The average molecular weight is 2660 g/mol. The van der Waals surface area contributed by atoms with Gasteiger partial charge in [0.15, 0.2) is 0 Å². The number of aromatic nitrogens is 8. The van der Waals surface area contributed by atoms with Crippen LogP contribution in [0, 0.1) is 67.8 Å². The van der Waals surface area contributed by atoms with Crippen molar-refractivity contribution in [3.05, 3.63) is 519 Å². The molecule has 0 amide bonds. The van der Waals surface area contributed by atoms with Crippen LogP contribution in [0.4, 0.5) is 0 Å². The quantitative estimate of drug-likeness (QED) is 0.111. The standard InChI is InChI=1S/2C21H20N.C18H14N.C17H10NS.C16H18N.2C15H16N.C12H10N.4Ir/c1-21(2,3)19-12-13-22-20(15-19)18-11-7-10-17(14-18)16-8-5-4-6-9-16;1-21(2,3)19-12-13-20(22-15-19)18-11-7-10-17(14-18)16-8-5-4-6-9-16;1-14-10-11-18(19-13-14)17-9-5-8-16(12-17)15-6-3-2-4-7-15;1-2-7-16-13(5-1)14-11-12(8-9-17(14)19-16)15-6-3-4-10-18-15;1-16(2,3)11-13-9-10-15(17-12-13)14-7-5-4-6-8-14;2*1-15(2,3)13-9-10-14(16-11-13)12-7-5-4-6-8-12;1-10-7-8-12(13-9-10)11-5-3-2-4-6-11;;;;/h2*4-10,12-15H,1-3H3;2-8,10-13H,1H3;1-7,9-11H;4-7,9-10,12H,11H2,1-3H3;2*4-7,9-11H,1-3H3;2-5,7-9H,1H3;;;;/q8*-1;;;;. The van der Waals surface area contributed by atoms with E-state index in [1.165, 1.54) is 92.5 Å². The van der Waals surface area contributed by atoms with Crippen molar-refractivity contribution < 1.29 is 80.4 Å². The van der Waals surface area contributed by atoms with E-state index in [1.807, 2.05) is 239 Å². The smallest absolute Gasteiger partial charge is 0.0239 e. The molecule has 0 saturated heterocycles. The Balaban J connectivity index is 0.000000173. The molecule has 12 aromatic carbocycles. The largest absolute Gasteiger partial charge is 0.305 e. The van der Waals surface area contributed by atoms with E-state index >= 15 is 0 Å². The van der Waals surface area contributed by atoms with Gasteiger partial charge >= 0.3 is 0 Å². The number of rotatable bonds is 12. The van der Waals surface area contributed by atoms with Crippen LogP contribution >= 0.6 is 11.3 Å². The third-order valence-corrected chi connectivity index (χ3v) is 24.8. The van der Waals surface area contributed by atoms with Crippen LogP contribution in [-0.2, 0) is 109 Å². The predicted molar refractivity (Wildman–Crippen MR) is 605 cm³/mol. The molecule has 9 aromatic heterocycles. The van der Waals surface area contributed by atoms with E-state index in [0.29, 0.717) is 5.41 Å². The summed E-state index contributed by atoms with van der Waals surface area (Å²) in [7, 11) is 0. The molecular formula is C135H124Ir4N8S-8. The van der Waals surface area contributed by atoms with Crippen LogP contribution in [0.1, 0.15) is 143 Å². The zero-order chi connectivity index (χ0) is 101. The second-order valence-electron chi connectivity index (χ2n) is 40.6. The van der Waals surface area contributed by atoms with Crippen LogP contribution in [0.5, 0.6) is 0 Å². The maximum atomic E-state index is 4.62. The Morgan fingerprint density at radius 2 is 0.541 bits per heavy atom. The van der Waals surface area contributed by atoms with Gasteiger partial charge in [0.25, 0.3) is 0 Å². The van der Waals surface area contributed by atoms with Crippen molar-refractivity contribution in [1.29, 1.82) is 0 Å². The summed E-state index contributed by atoms with van der Waals surface area (Å²) in [4.78, 5) is 35.8. The number of pyridine rings is 8. The number of thiophene rings is 1. The normalized spacial score (nSPS) is 10.8. The van der Waals surface area contributed by atoms with Crippen LogP contribution in [0.3, 0.4) is 0 Å². The van der Waals surface area contributed by atoms with Gasteiger partial charge in [0.2, 0.25) is 0 Å². The van der Waals surface area contributed by atoms with Gasteiger partial charge in [-0.2, -0.15) is 11.3 Å². The van der Waals surface area contributed by atoms with Crippen molar-refractivity contribution in [2.24, 2.45) is 5.41 Å². The average Bonchev–Trinajstić information content (AvgIpc) is 1.63. The number of aryl methyl sites for hydroxylation is 2. The van der Waals surface area contributed by atoms with Gasteiger partial charge in [0.05, 0.1) is 0 Å². The zero-order valence-corrected chi connectivity index (χ0v) is 97.4. The van der Waals surface area contributed by atoms with E-state index in [1.54, 1.807) is 0 Å². The van der Waals surface area contributed by atoms with E-state index in [0.717, 1.165) is 96.5 Å². The van der Waals surface area contributed by atoms with Crippen molar-refractivity contribution in [2.45, 2.75) is 146 Å². The van der Waals surface area contributed by atoms with Gasteiger partial charge in [0.1, 0.15) is 0 Å². The number of fused-ring (bicyclic) bond motifs is 3. The Kier molecular flexibility index (Phi) is 44.2. The van der Waals surface area contributed by atoms with Gasteiger partial charge in [-0.3, -0.25) is 0 Å². The van der Waals surface area contributed by atoms with E-state index in [-0.39, 0.29) is 102 Å². The summed E-state index contributed by atoms with van der Waals surface area (Å²) >= 11 is 1.81. The summed E-state index contributed by atoms with van der Waals surface area (Å²) in [6, 6.07) is 155. The maximum absolute atomic E-state index is 4.62. The Hall–Kier alpha value is -13.3. The molecule has 0 aliphatic heterocycles. The van der Waals surface area contributed by atoms with Gasteiger partial charge in [-0.05, 0) is 177 Å². The summed E-state index contributed by atoms with van der Waals surface area (Å²) in [6.45, 7) is 37.2. The van der Waals surface area contributed by atoms with Crippen LogP contribution < -0.4 is 0 Å². The maximum Gasteiger partial charge on any atom is 0.0239 e. The molecule has 0 aliphatic rings. The van der Waals surface area contributed by atoms with Crippen molar-refractivity contribution in [1.82, 2.24) is 39.9 Å². The first-order valence-electron chi connectivity index (χ1n) is 48.9. The molecule has 754 valence electrons. The SMILES string of the molecule is CC(C)(C)Cc1ccc(-c2[c-]cccc2)nc1.CC(C)(C)c1ccc(-c2[c-]ccc(-c3ccccc3)c2)nc1.CC(C)(C)c1ccc(-c2[c-]cccc2)nc1.CC(C)(C)c1ccc(-c2[c-]cccc2)nc1.CC(C)(C)c1ccnc(-c2[c-]ccc(-c3ccccc3)c2)c1.Cc1ccc(-c2[c-]ccc(-c3ccccc3)c2)nc1.Cc1ccc(-c2[c-]cccc2)nc1.[Ir].[Ir].[Ir].[Ir].[c-]1cc2sc3ccccc3c2cc1-c1ccccn1. The Bertz CT molecular complexity index is 7420. The first-order chi connectivity index (χ1) is 69.4. The Morgan fingerprint density at radius 1 is 0.216 bits per heavy atom. The number of benzene rings is 12. The molecule has 9 heterocycles. The molecule has 8 nitrogen and oxygen atoms in total. The van der Waals surface area contributed by atoms with Gasteiger partial charge in [-0.1, -0.05) is 309 Å². The minimum Gasteiger partial charge on any atom is -0.305 e. The molecule has 0 bridgehead atoms. The molecule has 21 rings (SSSR count). The van der Waals surface area contributed by atoms with Gasteiger partial charge < -0.3 is 39.9 Å². The topological polar surface area (TPSA) is 103 Å². The van der Waals surface area contributed by atoms with Crippen LogP contribution in [0.25, 0.3) is 144 Å². The molecule has 21 aromatic rings. The summed E-state index contributed by atoms with van der Waals surface area (Å²) in [5.41, 5.74) is 32.9. The third-order valence-electron chi connectivity index (χ3n) is 23.6. The molecule has 0 spiro atoms. The fraction of sp³-hybridized carbons (Fsp3) is 0.170. The molecule has 0 saturated carbocycles. The Morgan fingerprint density at radius 3 is 0.878 bits per heavy atom. The van der Waals surface area contributed by atoms with Gasteiger partial charge in [-0.25, -0.2) is 0 Å². The monoisotopic (exact) mass is 2660 g/mol. The number of nitrogens with zero attached hydrogens (tertiary/aromatic N) is 8. The summed E-state index contributed by atoms with van der Waals surface area (Å²) in [5.74, 6) is 0. The molecule has 0 N–H and O–H groups in total. The molecule has 0 atom stereocenters. The number of hydrogen-bond donors (Lipinski definition) is 0. The van der Waals surface area contributed by atoms with E-state index in [9.17, 15) is 0 Å². The minimum atomic E-state index is 0. The first-order valence-corrected chi connectivity index (χ1v) is 49.7. The minimum absolute atomic E-state index is 0. The zero-order valence-electron chi connectivity index (χ0n) is 87.0. The fourth-order valence-corrected chi connectivity index (χ4v) is 16.5. The predicted octanol–water partition coefficient (Wildman–Crippen LogP) is 35.1. The third kappa shape index (κ3) is 35.2. The van der Waals surface area contributed by atoms with Crippen molar-refractivity contribution in [3.63, 3.8) is 0 Å². The van der Waals surface area contributed by atoms with Crippen LogP contribution in [-0.4, -0.2) is 39.9 Å². The molecular weight excluding hydrogens is 2530 g/mol. The molecule has 148 heavy (non-hydrogen) atoms. The van der Waals surface area contributed by atoms with Crippen molar-refractivity contribution in [2.75, 3.05) is 0 Å². The van der Waals surface area contributed by atoms with Crippen molar-refractivity contribution in [3.8, 4) is 123 Å². The van der Waals surface area contributed by atoms with Gasteiger partial charge in [0, 0.05) is 135 Å². The van der Waals surface area contributed by atoms with Crippen LogP contribution in [0.15, 0.2) is 432 Å². The second kappa shape index (κ2) is 56.2. The first kappa shape index (κ1) is 117. The fourth-order valence-electron chi connectivity index (χ4n) is 15.4. The molecule has 4 radical (unpaired) electrons. The summed E-state index contributed by atoms with van der Waals surface area (Å²) in [5, 5.41) is 2.61. The second-order valence-corrected chi connectivity index (χ2v) is 41.7. The molecule has 0 unspecified atom stereocenters. The molecule has 0 aliphatic carbocycles. The van der Waals surface area contributed by atoms with E-state index < -0.39 is 0 Å².